The summed E-state index contributed by atoms with van der Waals surface area (Å²) in [6, 6.07) is 1.61. The Bertz CT molecular complexity index is 437. The quantitative estimate of drug-likeness (QED) is 0.789. The lowest BCUT2D eigenvalue weighted by Crippen LogP contribution is -2.26. The molecule has 0 saturated carbocycles. The average molecular weight is 246 g/mol. The molecule has 0 radical (unpaired) electrons. The second-order valence-corrected chi connectivity index (χ2v) is 6.24. The van der Waals surface area contributed by atoms with Crippen LogP contribution in [0.2, 0.25) is 0 Å². The Labute approximate surface area is 94.1 Å². The summed E-state index contributed by atoms with van der Waals surface area (Å²) in [6.07, 6.45) is 1.55. The Morgan fingerprint density at radius 1 is 1.67 bits per heavy atom. The summed E-state index contributed by atoms with van der Waals surface area (Å²) in [5, 5.41) is 1.76. The Morgan fingerprint density at radius 2 is 2.33 bits per heavy atom. The first-order valence-electron chi connectivity index (χ1n) is 4.37. The smallest absolute Gasteiger partial charge is 0.252 e. The van der Waals surface area contributed by atoms with Crippen LogP contribution in [-0.2, 0) is 16.6 Å². The van der Waals surface area contributed by atoms with Gasteiger partial charge >= 0.3 is 0 Å². The van der Waals surface area contributed by atoms with Crippen LogP contribution in [0.1, 0.15) is 5.56 Å². The fourth-order valence-corrected chi connectivity index (χ4v) is 3.60. The van der Waals surface area contributed by atoms with Crippen LogP contribution in [0.4, 0.5) is 0 Å². The molecule has 0 aliphatic carbocycles. The number of likely N-dealkylation sites (N-methyl/N-ethyl adjacent to an activating group) is 1. The van der Waals surface area contributed by atoms with Crippen molar-refractivity contribution >= 4 is 21.4 Å². The van der Waals surface area contributed by atoms with Crippen molar-refractivity contribution in [2.75, 3.05) is 13.6 Å². The van der Waals surface area contributed by atoms with Crippen molar-refractivity contribution in [2.24, 2.45) is 5.73 Å². The summed E-state index contributed by atoms with van der Waals surface area (Å²) in [4.78, 5) is 0. The SMILES string of the molecule is C=CCN(C)S(=O)(=O)c1cc(CN)cs1. The van der Waals surface area contributed by atoms with Gasteiger partial charge in [0, 0.05) is 20.1 Å². The lowest BCUT2D eigenvalue weighted by molar-refractivity contribution is 0.501. The van der Waals surface area contributed by atoms with Gasteiger partial charge in [-0.1, -0.05) is 6.08 Å². The summed E-state index contributed by atoms with van der Waals surface area (Å²) in [5.74, 6) is 0. The second kappa shape index (κ2) is 4.89. The number of hydrogen-bond donors (Lipinski definition) is 1. The maximum atomic E-state index is 11.9. The fraction of sp³-hybridized carbons (Fsp3) is 0.333. The number of nitrogens with zero attached hydrogens (tertiary/aromatic N) is 1. The van der Waals surface area contributed by atoms with Crippen molar-refractivity contribution in [3.05, 3.63) is 29.7 Å². The van der Waals surface area contributed by atoms with Gasteiger partial charge in [0.05, 0.1) is 0 Å². The molecular weight excluding hydrogens is 232 g/mol. The number of thiophene rings is 1. The molecule has 2 N–H and O–H groups in total. The standard InChI is InChI=1S/C9H14N2O2S2/c1-3-4-11(2)15(12,13)9-5-8(6-10)7-14-9/h3,5,7H,1,4,6,10H2,2H3. The van der Waals surface area contributed by atoms with E-state index < -0.39 is 10.0 Å². The largest absolute Gasteiger partial charge is 0.326 e. The molecule has 4 nitrogen and oxygen atoms in total. The second-order valence-electron chi connectivity index (χ2n) is 3.05. The highest BCUT2D eigenvalue weighted by Gasteiger charge is 2.21. The van der Waals surface area contributed by atoms with Crippen molar-refractivity contribution in [3.63, 3.8) is 0 Å². The van der Waals surface area contributed by atoms with Crippen LogP contribution in [0.5, 0.6) is 0 Å². The van der Waals surface area contributed by atoms with Gasteiger partial charge < -0.3 is 5.73 Å². The molecule has 0 saturated heterocycles. The van der Waals surface area contributed by atoms with Crippen LogP contribution in [-0.4, -0.2) is 26.3 Å². The Morgan fingerprint density at radius 3 is 2.80 bits per heavy atom. The van der Waals surface area contributed by atoms with Crippen LogP contribution < -0.4 is 5.73 Å². The molecular formula is C9H14N2O2S2. The normalized spacial score (nSPS) is 11.9. The van der Waals surface area contributed by atoms with E-state index in [4.69, 9.17) is 5.73 Å². The van der Waals surface area contributed by atoms with E-state index in [0.717, 1.165) is 5.56 Å². The van der Waals surface area contributed by atoms with Gasteiger partial charge in [-0.15, -0.1) is 17.9 Å². The Balaban J connectivity index is 3.00. The van der Waals surface area contributed by atoms with Gasteiger partial charge in [-0.3, -0.25) is 0 Å². The molecule has 0 amide bonds. The summed E-state index contributed by atoms with van der Waals surface area (Å²) in [5.41, 5.74) is 6.26. The van der Waals surface area contributed by atoms with Crippen molar-refractivity contribution < 1.29 is 8.42 Å². The van der Waals surface area contributed by atoms with Crippen LogP contribution in [0.3, 0.4) is 0 Å². The molecule has 0 aliphatic heterocycles. The molecule has 1 rings (SSSR count). The molecule has 0 bridgehead atoms. The highest BCUT2D eigenvalue weighted by molar-refractivity contribution is 7.91. The molecule has 0 atom stereocenters. The first kappa shape index (κ1) is 12.4. The lowest BCUT2D eigenvalue weighted by atomic mass is 10.4. The number of nitrogens with two attached hydrogens (primary N) is 1. The minimum Gasteiger partial charge on any atom is -0.326 e. The molecule has 0 aliphatic rings. The van der Waals surface area contributed by atoms with E-state index in [1.165, 1.54) is 22.7 Å². The van der Waals surface area contributed by atoms with E-state index >= 15 is 0 Å². The molecule has 0 aromatic carbocycles. The minimum atomic E-state index is -3.37. The van der Waals surface area contributed by atoms with E-state index in [1.807, 2.05) is 0 Å². The molecule has 1 aromatic heterocycles. The van der Waals surface area contributed by atoms with Gasteiger partial charge in [0.1, 0.15) is 4.21 Å². The zero-order valence-electron chi connectivity index (χ0n) is 8.51. The van der Waals surface area contributed by atoms with Crippen LogP contribution in [0.25, 0.3) is 0 Å². The Kier molecular flexibility index (Phi) is 4.04. The highest BCUT2D eigenvalue weighted by Crippen LogP contribution is 2.22. The third-order valence-electron chi connectivity index (χ3n) is 1.92. The molecule has 0 unspecified atom stereocenters. The van der Waals surface area contributed by atoms with Crippen LogP contribution in [0.15, 0.2) is 28.3 Å². The van der Waals surface area contributed by atoms with E-state index in [0.29, 0.717) is 17.3 Å². The van der Waals surface area contributed by atoms with Crippen molar-refractivity contribution in [1.29, 1.82) is 0 Å². The molecule has 6 heteroatoms. The topological polar surface area (TPSA) is 63.4 Å². The summed E-state index contributed by atoms with van der Waals surface area (Å²) in [6.45, 7) is 4.17. The Hall–Kier alpha value is -0.690. The van der Waals surface area contributed by atoms with Crippen molar-refractivity contribution in [3.8, 4) is 0 Å². The van der Waals surface area contributed by atoms with Crippen molar-refractivity contribution in [1.82, 2.24) is 4.31 Å². The minimum absolute atomic E-state index is 0.304. The maximum Gasteiger partial charge on any atom is 0.252 e. The van der Waals surface area contributed by atoms with E-state index in [9.17, 15) is 8.42 Å². The number of hydrogen-bond acceptors (Lipinski definition) is 4. The van der Waals surface area contributed by atoms with E-state index in [2.05, 4.69) is 6.58 Å². The van der Waals surface area contributed by atoms with Crippen molar-refractivity contribution in [2.45, 2.75) is 10.8 Å². The van der Waals surface area contributed by atoms with Crippen LogP contribution >= 0.6 is 11.3 Å². The van der Waals surface area contributed by atoms with E-state index in [1.54, 1.807) is 17.5 Å². The highest BCUT2D eigenvalue weighted by atomic mass is 32.2. The van der Waals surface area contributed by atoms with Gasteiger partial charge in [0.15, 0.2) is 0 Å². The van der Waals surface area contributed by atoms with Crippen LogP contribution in [0, 0.1) is 0 Å². The first-order valence-corrected chi connectivity index (χ1v) is 6.69. The average Bonchev–Trinajstić information content (AvgIpc) is 2.66. The third kappa shape index (κ3) is 2.66. The summed E-state index contributed by atoms with van der Waals surface area (Å²) < 4.78 is 25.4. The zero-order chi connectivity index (χ0) is 11.5. The summed E-state index contributed by atoms with van der Waals surface area (Å²) in [7, 11) is -1.84. The molecule has 84 valence electrons. The molecule has 1 heterocycles. The van der Waals surface area contributed by atoms with Gasteiger partial charge in [-0.05, 0) is 17.0 Å². The maximum absolute atomic E-state index is 11.9. The zero-order valence-corrected chi connectivity index (χ0v) is 10.1. The summed E-state index contributed by atoms with van der Waals surface area (Å²) >= 11 is 1.19. The lowest BCUT2D eigenvalue weighted by Gasteiger charge is -2.12. The van der Waals surface area contributed by atoms with Gasteiger partial charge in [0.2, 0.25) is 0 Å². The molecule has 0 fully saturated rings. The first-order chi connectivity index (χ1) is 7.02. The number of sulfonamides is 1. The monoisotopic (exact) mass is 246 g/mol. The van der Waals surface area contributed by atoms with Gasteiger partial charge in [-0.25, -0.2) is 8.42 Å². The molecule has 0 spiro atoms. The van der Waals surface area contributed by atoms with Gasteiger partial charge in [-0.2, -0.15) is 4.31 Å². The van der Waals surface area contributed by atoms with Gasteiger partial charge in [0.25, 0.3) is 10.0 Å². The fourth-order valence-electron chi connectivity index (χ4n) is 1.03. The predicted molar refractivity (Wildman–Crippen MR) is 62.2 cm³/mol. The number of rotatable bonds is 5. The molecule has 15 heavy (non-hydrogen) atoms. The third-order valence-corrected chi connectivity index (χ3v) is 5.20. The van der Waals surface area contributed by atoms with E-state index in [-0.39, 0.29) is 0 Å². The molecule has 1 aromatic rings. The predicted octanol–water partition coefficient (Wildman–Crippen LogP) is 1.01.